The van der Waals surface area contributed by atoms with E-state index in [-0.39, 0.29) is 5.56 Å². The van der Waals surface area contributed by atoms with Gasteiger partial charge in [-0.15, -0.1) is 0 Å². The van der Waals surface area contributed by atoms with E-state index in [1.54, 1.807) is 18.2 Å². The molecule has 0 saturated carbocycles. The fraction of sp³-hybridized carbons (Fsp3) is 0.0400. The molecular weight excluding hydrogens is 369 g/mol. The number of halogens is 2. The first kappa shape index (κ1) is 18.5. The number of hydrogen-bond donors (Lipinski definition) is 0. The molecule has 0 amide bonds. The first-order valence-electron chi connectivity index (χ1n) is 9.17. The van der Waals surface area contributed by atoms with Crippen LogP contribution in [0.25, 0.3) is 0 Å². The molecule has 0 unspecified atom stereocenters. The second kappa shape index (κ2) is 7.66. The Balaban J connectivity index is 2.14. The first-order chi connectivity index (χ1) is 13.7. The third-order valence-electron chi connectivity index (χ3n) is 4.97. The van der Waals surface area contributed by atoms with Gasteiger partial charge in [0.15, 0.2) is 7.26 Å². The molecule has 28 heavy (non-hydrogen) atoms. The van der Waals surface area contributed by atoms with Crippen LogP contribution in [-0.2, 0) is 5.66 Å². The molecule has 0 atom stereocenters. The summed E-state index contributed by atoms with van der Waals surface area (Å²) in [4.78, 5) is 0. The van der Waals surface area contributed by atoms with Gasteiger partial charge in [0.05, 0.1) is 5.56 Å². The minimum Gasteiger partial charge on any atom is -0.161 e. The molecule has 0 nitrogen and oxygen atoms in total. The van der Waals surface area contributed by atoms with Crippen LogP contribution in [0.15, 0.2) is 121 Å². The number of benzene rings is 4. The maximum Gasteiger partial charge on any atom is 0.393 e. The Kier molecular flexibility index (Phi) is 5.07. The van der Waals surface area contributed by atoms with Gasteiger partial charge >= 0.3 is 5.66 Å². The Labute approximate surface area is 164 Å². The predicted octanol–water partition coefficient (Wildman–Crippen LogP) is 5.73. The highest BCUT2D eigenvalue weighted by Gasteiger charge is 2.66. The van der Waals surface area contributed by atoms with Gasteiger partial charge in [0, 0.05) is 0 Å². The van der Waals surface area contributed by atoms with Crippen LogP contribution in [0.5, 0.6) is 0 Å². The minimum absolute atomic E-state index is 0.0416. The number of alkyl halides is 2. The summed E-state index contributed by atoms with van der Waals surface area (Å²) in [6, 6.07) is 35.9. The fourth-order valence-electron chi connectivity index (χ4n) is 3.72. The van der Waals surface area contributed by atoms with Crippen molar-refractivity contribution in [2.24, 2.45) is 0 Å². The van der Waals surface area contributed by atoms with Crippen LogP contribution in [0.4, 0.5) is 8.78 Å². The van der Waals surface area contributed by atoms with Crippen LogP contribution >= 0.6 is 7.26 Å². The van der Waals surface area contributed by atoms with Crippen molar-refractivity contribution in [1.82, 2.24) is 0 Å². The second-order valence-electron chi connectivity index (χ2n) is 6.58. The Morgan fingerprint density at radius 1 is 0.429 bits per heavy atom. The molecule has 0 aromatic heterocycles. The molecule has 4 rings (SSSR count). The number of rotatable bonds is 5. The molecule has 0 spiro atoms. The van der Waals surface area contributed by atoms with E-state index in [9.17, 15) is 0 Å². The molecule has 0 bridgehead atoms. The maximum atomic E-state index is 16.6. The maximum absolute atomic E-state index is 16.6. The van der Waals surface area contributed by atoms with Gasteiger partial charge in [0.1, 0.15) is 15.9 Å². The molecule has 0 heterocycles. The van der Waals surface area contributed by atoms with Gasteiger partial charge in [-0.1, -0.05) is 72.8 Å². The van der Waals surface area contributed by atoms with Crippen molar-refractivity contribution in [2.75, 3.05) is 0 Å². The van der Waals surface area contributed by atoms with E-state index in [2.05, 4.69) is 0 Å². The topological polar surface area (TPSA) is 0 Å². The fourth-order valence-corrected chi connectivity index (χ4v) is 7.98. The largest absolute Gasteiger partial charge is 0.393 e. The first-order valence-corrected chi connectivity index (χ1v) is 11.0. The molecule has 0 fully saturated rings. The molecule has 138 valence electrons. The van der Waals surface area contributed by atoms with Crippen LogP contribution in [0.2, 0.25) is 0 Å². The highest BCUT2D eigenvalue weighted by molar-refractivity contribution is 7.96. The monoisotopic (exact) mass is 389 g/mol. The zero-order chi connectivity index (χ0) is 19.5. The predicted molar refractivity (Wildman–Crippen MR) is 115 cm³/mol. The van der Waals surface area contributed by atoms with E-state index >= 15 is 8.78 Å². The highest BCUT2D eigenvalue weighted by atomic mass is 31.2. The Hall–Kier alpha value is -2.83. The number of hydrogen-bond acceptors (Lipinski definition) is 0. The summed E-state index contributed by atoms with van der Waals surface area (Å²) in [6.07, 6.45) is 0. The summed E-state index contributed by atoms with van der Waals surface area (Å²) in [5.41, 5.74) is -3.03. The molecule has 0 N–H and O–H groups in total. The molecule has 4 aromatic rings. The van der Waals surface area contributed by atoms with Gasteiger partial charge in [0.25, 0.3) is 0 Å². The summed E-state index contributed by atoms with van der Waals surface area (Å²) in [6.45, 7) is 0. The van der Waals surface area contributed by atoms with Gasteiger partial charge in [-0.3, -0.25) is 0 Å². The van der Waals surface area contributed by atoms with Gasteiger partial charge in [-0.05, 0) is 48.5 Å². The van der Waals surface area contributed by atoms with E-state index in [0.29, 0.717) is 15.9 Å². The van der Waals surface area contributed by atoms with E-state index in [4.69, 9.17) is 0 Å². The normalized spacial score (nSPS) is 11.9. The van der Waals surface area contributed by atoms with E-state index in [1.807, 2.05) is 91.0 Å². The SMILES string of the molecule is FC(F)(c1ccccc1)[P+](c1ccccc1)(c1ccccc1)c1ccccc1. The zero-order valence-electron chi connectivity index (χ0n) is 15.3. The molecule has 3 heteroatoms. The lowest BCUT2D eigenvalue weighted by molar-refractivity contribution is 0.0970. The molecule has 4 aromatic carbocycles. The van der Waals surface area contributed by atoms with Gasteiger partial charge in [-0.25, -0.2) is 0 Å². The van der Waals surface area contributed by atoms with Gasteiger partial charge < -0.3 is 0 Å². The van der Waals surface area contributed by atoms with Crippen molar-refractivity contribution >= 4 is 23.2 Å². The third kappa shape index (κ3) is 2.95. The Morgan fingerprint density at radius 3 is 1.04 bits per heavy atom. The lowest BCUT2D eigenvalue weighted by atomic mass is 10.2. The molecule has 0 aliphatic heterocycles. The van der Waals surface area contributed by atoms with Crippen molar-refractivity contribution in [1.29, 1.82) is 0 Å². The minimum atomic E-state index is -3.31. The molecule has 0 aliphatic carbocycles. The standard InChI is InChI=1S/C25H20F2P/c26-25(27,21-13-5-1-6-14-21)28(22-15-7-2-8-16-22,23-17-9-3-10-18-23)24-19-11-4-12-20-24/h1-20H/q+1. The second-order valence-corrected chi connectivity index (χ2v) is 10.0. The van der Waals surface area contributed by atoms with Crippen molar-refractivity contribution in [3.63, 3.8) is 0 Å². The van der Waals surface area contributed by atoms with Gasteiger partial charge in [0.2, 0.25) is 0 Å². The van der Waals surface area contributed by atoms with Crippen molar-refractivity contribution in [3.05, 3.63) is 127 Å². The molecule has 0 aliphatic rings. The van der Waals surface area contributed by atoms with Crippen LogP contribution < -0.4 is 15.9 Å². The zero-order valence-corrected chi connectivity index (χ0v) is 16.1. The summed E-state index contributed by atoms with van der Waals surface area (Å²) in [5, 5.41) is 2.00. The van der Waals surface area contributed by atoms with Crippen LogP contribution in [0.3, 0.4) is 0 Å². The Morgan fingerprint density at radius 2 is 0.714 bits per heavy atom. The lowest BCUT2D eigenvalue weighted by Crippen LogP contribution is -2.41. The summed E-state index contributed by atoms with van der Waals surface area (Å²) < 4.78 is 33.2. The summed E-state index contributed by atoms with van der Waals surface area (Å²) in [5.74, 6) is 0. The van der Waals surface area contributed by atoms with Crippen molar-refractivity contribution in [2.45, 2.75) is 5.66 Å². The summed E-state index contributed by atoms with van der Waals surface area (Å²) >= 11 is 0. The highest BCUT2D eigenvalue weighted by Crippen LogP contribution is 2.71. The smallest absolute Gasteiger partial charge is 0.161 e. The van der Waals surface area contributed by atoms with Crippen LogP contribution in [-0.4, -0.2) is 0 Å². The van der Waals surface area contributed by atoms with Crippen molar-refractivity contribution in [3.8, 4) is 0 Å². The van der Waals surface area contributed by atoms with E-state index in [0.717, 1.165) is 0 Å². The van der Waals surface area contributed by atoms with E-state index in [1.165, 1.54) is 12.1 Å². The average Bonchev–Trinajstić information content (AvgIpc) is 2.77. The third-order valence-corrected chi connectivity index (χ3v) is 9.29. The molecular formula is C25H20F2P+. The van der Waals surface area contributed by atoms with E-state index < -0.39 is 12.9 Å². The average molecular weight is 389 g/mol. The molecule has 0 radical (unpaired) electrons. The van der Waals surface area contributed by atoms with Crippen LogP contribution in [0, 0.1) is 0 Å². The Bertz CT molecular complexity index is 920. The van der Waals surface area contributed by atoms with Crippen LogP contribution in [0.1, 0.15) is 5.56 Å². The summed E-state index contributed by atoms with van der Waals surface area (Å²) in [7, 11) is -3.31. The van der Waals surface area contributed by atoms with Crippen molar-refractivity contribution < 1.29 is 8.78 Å². The van der Waals surface area contributed by atoms with Gasteiger partial charge in [-0.2, -0.15) is 8.78 Å². The lowest BCUT2D eigenvalue weighted by Gasteiger charge is -2.34. The molecule has 0 saturated heterocycles. The quantitative estimate of drug-likeness (QED) is 0.383.